The minimum absolute atomic E-state index is 0.0451. The summed E-state index contributed by atoms with van der Waals surface area (Å²) < 4.78 is 0. The van der Waals surface area contributed by atoms with Gasteiger partial charge >= 0.3 is 0 Å². The number of aliphatic hydroxyl groups is 1. The third kappa shape index (κ3) is 3.24. The normalized spacial score (nSPS) is 19.2. The molecule has 4 aromatic rings. The Labute approximate surface area is 193 Å². The highest BCUT2D eigenvalue weighted by atomic mass is 32.1. The van der Waals surface area contributed by atoms with Crippen LogP contribution < -0.4 is 5.32 Å². The van der Waals surface area contributed by atoms with Gasteiger partial charge in [0.1, 0.15) is 0 Å². The van der Waals surface area contributed by atoms with Crippen LogP contribution in [0.4, 0.5) is 5.69 Å². The largest absolute Gasteiger partial charge is 0.390 e. The van der Waals surface area contributed by atoms with Crippen LogP contribution in [0.3, 0.4) is 0 Å². The number of fused-ring (bicyclic) bond motifs is 2. The van der Waals surface area contributed by atoms with Crippen molar-refractivity contribution in [3.05, 3.63) is 75.1 Å². The van der Waals surface area contributed by atoms with Gasteiger partial charge in [-0.05, 0) is 61.9 Å². The summed E-state index contributed by atoms with van der Waals surface area (Å²) in [7, 11) is 0. The number of hydrogen-bond acceptors (Lipinski definition) is 3. The number of benzene rings is 2. The Morgan fingerprint density at radius 2 is 1.88 bits per heavy atom. The maximum absolute atomic E-state index is 11.1. The summed E-state index contributed by atoms with van der Waals surface area (Å²) in [6.45, 7) is 10.5. The summed E-state index contributed by atoms with van der Waals surface area (Å²) >= 11 is 1.65. The van der Waals surface area contributed by atoms with Gasteiger partial charge in [0.05, 0.1) is 17.2 Å². The van der Waals surface area contributed by atoms with E-state index in [1.165, 1.54) is 16.5 Å². The second-order valence-corrected chi connectivity index (χ2v) is 10.2. The van der Waals surface area contributed by atoms with E-state index in [-0.39, 0.29) is 5.92 Å². The number of aromatic amines is 1. The number of aryl methyl sites for hydroxylation is 2. The molecule has 0 aliphatic carbocycles. The first kappa shape index (κ1) is 20.9. The highest BCUT2D eigenvalue weighted by Crippen LogP contribution is 2.46. The zero-order valence-electron chi connectivity index (χ0n) is 19.1. The summed E-state index contributed by atoms with van der Waals surface area (Å²) in [5.41, 5.74) is 9.58. The highest BCUT2D eigenvalue weighted by molar-refractivity contribution is 7.08. The van der Waals surface area contributed by atoms with E-state index >= 15 is 0 Å². The van der Waals surface area contributed by atoms with Crippen molar-refractivity contribution < 1.29 is 5.11 Å². The smallest absolute Gasteiger partial charge is 0.0831 e. The predicted molar refractivity (Wildman–Crippen MR) is 136 cm³/mol. The van der Waals surface area contributed by atoms with E-state index in [9.17, 15) is 5.11 Å². The molecule has 0 spiro atoms. The van der Waals surface area contributed by atoms with Crippen molar-refractivity contribution in [3.8, 4) is 23.0 Å². The molecule has 0 saturated carbocycles. The van der Waals surface area contributed by atoms with Gasteiger partial charge in [-0.1, -0.05) is 37.0 Å². The van der Waals surface area contributed by atoms with Gasteiger partial charge < -0.3 is 15.4 Å². The number of hydrogen-bond donors (Lipinski definition) is 3. The number of aliphatic hydroxyl groups excluding tert-OH is 1. The average Bonchev–Trinajstić information content (AvgIpc) is 3.42. The van der Waals surface area contributed by atoms with Crippen molar-refractivity contribution in [3.63, 3.8) is 0 Å². The second-order valence-electron chi connectivity index (χ2n) is 9.45. The molecule has 32 heavy (non-hydrogen) atoms. The van der Waals surface area contributed by atoms with Crippen LogP contribution >= 0.6 is 11.3 Å². The third-order valence-electron chi connectivity index (χ3n) is 6.74. The zero-order chi connectivity index (χ0) is 22.6. The Morgan fingerprint density at radius 1 is 1.06 bits per heavy atom. The zero-order valence-corrected chi connectivity index (χ0v) is 19.9. The minimum Gasteiger partial charge on any atom is -0.390 e. The standard InChI is InChI=1S/C28H28N2OS/c1-16-13-23(22-8-6-7-20-17(2)14-29-26(20)22)21(10-9-19-11-12-32-15-19)24-18(3)27(31)28(4,5)30-25(16)24/h6-8,11-15,18,27,29-31H,1-5H3/t18-,27?/m0/s1. The topological polar surface area (TPSA) is 48.0 Å². The summed E-state index contributed by atoms with van der Waals surface area (Å²) in [4.78, 5) is 3.47. The van der Waals surface area contributed by atoms with E-state index in [2.05, 4.69) is 98.0 Å². The van der Waals surface area contributed by atoms with Crippen LogP contribution in [0.2, 0.25) is 0 Å². The Balaban J connectivity index is 1.84. The molecule has 162 valence electrons. The molecule has 3 N–H and O–H groups in total. The van der Waals surface area contributed by atoms with Crippen LogP contribution in [0, 0.1) is 25.7 Å². The van der Waals surface area contributed by atoms with Crippen LogP contribution in [0.1, 0.15) is 54.5 Å². The first-order valence-corrected chi connectivity index (χ1v) is 12.0. The van der Waals surface area contributed by atoms with Gasteiger partial charge in [-0.15, -0.1) is 0 Å². The van der Waals surface area contributed by atoms with Gasteiger partial charge in [0.15, 0.2) is 0 Å². The highest BCUT2D eigenvalue weighted by Gasteiger charge is 2.40. The van der Waals surface area contributed by atoms with Crippen molar-refractivity contribution in [2.24, 2.45) is 0 Å². The van der Waals surface area contributed by atoms with E-state index in [1.807, 2.05) is 6.07 Å². The maximum Gasteiger partial charge on any atom is 0.0831 e. The van der Waals surface area contributed by atoms with Gasteiger partial charge in [-0.3, -0.25) is 0 Å². The fourth-order valence-corrected chi connectivity index (χ4v) is 5.57. The molecule has 0 bridgehead atoms. The Hall–Kier alpha value is -3.00. The summed E-state index contributed by atoms with van der Waals surface area (Å²) in [5.74, 6) is 6.84. The van der Waals surface area contributed by atoms with Gasteiger partial charge in [-0.25, -0.2) is 0 Å². The molecule has 0 fully saturated rings. The van der Waals surface area contributed by atoms with Crippen LogP contribution in [-0.4, -0.2) is 21.7 Å². The monoisotopic (exact) mass is 440 g/mol. The van der Waals surface area contributed by atoms with Crippen LogP contribution in [0.5, 0.6) is 0 Å². The molecule has 5 rings (SSSR count). The lowest BCUT2D eigenvalue weighted by Crippen LogP contribution is -2.50. The molecule has 1 unspecified atom stereocenters. The van der Waals surface area contributed by atoms with Gasteiger partial charge in [0.25, 0.3) is 0 Å². The SMILES string of the molecule is Cc1cc(-c2cccc3c(C)c[nH]c23)c(C#Cc2ccsc2)c2c1NC(C)(C)C(O)[C@H]2C. The molecule has 3 heterocycles. The molecule has 0 saturated heterocycles. The lowest BCUT2D eigenvalue weighted by molar-refractivity contribution is 0.0868. The molecule has 0 radical (unpaired) electrons. The van der Waals surface area contributed by atoms with E-state index in [1.54, 1.807) is 11.3 Å². The number of anilines is 1. The Bertz CT molecular complexity index is 1380. The van der Waals surface area contributed by atoms with E-state index in [0.717, 1.165) is 39.0 Å². The number of aromatic nitrogens is 1. The lowest BCUT2D eigenvalue weighted by Gasteiger charge is -2.43. The van der Waals surface area contributed by atoms with E-state index in [4.69, 9.17) is 0 Å². The van der Waals surface area contributed by atoms with Crippen molar-refractivity contribution in [2.45, 2.75) is 52.2 Å². The molecular formula is C28H28N2OS. The molecule has 2 aromatic carbocycles. The number of thiophene rings is 1. The second kappa shape index (κ2) is 7.55. The number of H-pyrrole nitrogens is 1. The fourth-order valence-electron chi connectivity index (χ4n) is 4.98. The quantitative estimate of drug-likeness (QED) is 0.293. The number of para-hydroxylation sites is 1. The lowest BCUT2D eigenvalue weighted by atomic mass is 9.75. The first-order valence-electron chi connectivity index (χ1n) is 11.0. The fraction of sp³-hybridized carbons (Fsp3) is 0.286. The average molecular weight is 441 g/mol. The molecule has 1 aliphatic rings. The molecule has 0 amide bonds. The van der Waals surface area contributed by atoms with Gasteiger partial charge in [-0.2, -0.15) is 11.3 Å². The van der Waals surface area contributed by atoms with E-state index in [0.29, 0.717) is 0 Å². The van der Waals surface area contributed by atoms with Gasteiger partial charge in [0.2, 0.25) is 0 Å². The van der Waals surface area contributed by atoms with Crippen LogP contribution in [0.25, 0.3) is 22.0 Å². The van der Waals surface area contributed by atoms with Crippen LogP contribution in [0.15, 0.2) is 47.3 Å². The Morgan fingerprint density at radius 3 is 2.62 bits per heavy atom. The first-order chi connectivity index (χ1) is 15.3. The summed E-state index contributed by atoms with van der Waals surface area (Å²) in [6, 6.07) is 10.7. The molecule has 2 atom stereocenters. The molecule has 3 nitrogen and oxygen atoms in total. The van der Waals surface area contributed by atoms with Crippen molar-refractivity contribution >= 4 is 27.9 Å². The number of nitrogens with one attached hydrogen (secondary N) is 2. The van der Waals surface area contributed by atoms with Crippen molar-refractivity contribution in [1.82, 2.24) is 4.98 Å². The molecule has 4 heteroatoms. The van der Waals surface area contributed by atoms with Crippen LogP contribution in [-0.2, 0) is 0 Å². The molecular weight excluding hydrogens is 412 g/mol. The maximum atomic E-state index is 11.1. The minimum atomic E-state index is -0.519. The van der Waals surface area contributed by atoms with Crippen molar-refractivity contribution in [1.29, 1.82) is 0 Å². The molecule has 1 aliphatic heterocycles. The summed E-state index contributed by atoms with van der Waals surface area (Å²) in [6.07, 6.45) is 1.54. The van der Waals surface area contributed by atoms with Crippen molar-refractivity contribution in [2.75, 3.05) is 5.32 Å². The Kier molecular flexibility index (Phi) is 4.93. The number of rotatable bonds is 1. The predicted octanol–water partition coefficient (Wildman–Crippen LogP) is 6.58. The van der Waals surface area contributed by atoms with Gasteiger partial charge in [0, 0.05) is 50.8 Å². The molecule has 2 aromatic heterocycles. The van der Waals surface area contributed by atoms with E-state index < -0.39 is 11.6 Å². The summed E-state index contributed by atoms with van der Waals surface area (Å²) in [5, 5.41) is 20.1. The third-order valence-corrected chi connectivity index (χ3v) is 7.43.